The number of aliphatic imine (C=N–C) groups is 1. The molecule has 0 aliphatic carbocycles. The summed E-state index contributed by atoms with van der Waals surface area (Å²) in [5, 5.41) is 16.3. The van der Waals surface area contributed by atoms with Crippen molar-refractivity contribution in [1.29, 1.82) is 10.7 Å². The molecule has 2 rings (SSSR count). The average Bonchev–Trinajstić information content (AvgIpc) is 2.43. The molecular formula is C9H6N4. The van der Waals surface area contributed by atoms with E-state index in [1.807, 2.05) is 6.07 Å². The molecule has 0 spiro atoms. The molecule has 0 bridgehead atoms. The van der Waals surface area contributed by atoms with Crippen LogP contribution in [-0.4, -0.2) is 11.5 Å². The zero-order chi connectivity index (χ0) is 9.42. The van der Waals surface area contributed by atoms with Crippen molar-refractivity contribution in [3.05, 3.63) is 29.3 Å². The Morgan fingerprint density at radius 2 is 2.23 bits per heavy atom. The predicted octanol–water partition coefficient (Wildman–Crippen LogP) is 0.928. The standard InChI is InChI=1S/C9H6N4/c10-4-5-2-1-3-6-7(5)8(11)9(12)13-6/h1-3H,(H3,11,12,13). The van der Waals surface area contributed by atoms with E-state index >= 15 is 0 Å². The fraction of sp³-hybridized carbons (Fsp3) is 0. The molecule has 3 N–H and O–H groups in total. The number of nitrogens with one attached hydrogen (secondary N) is 1. The van der Waals surface area contributed by atoms with Crippen LogP contribution in [0.25, 0.3) is 0 Å². The third-order valence-electron chi connectivity index (χ3n) is 1.91. The van der Waals surface area contributed by atoms with Crippen molar-refractivity contribution in [1.82, 2.24) is 0 Å². The van der Waals surface area contributed by atoms with Gasteiger partial charge in [0.15, 0.2) is 0 Å². The highest BCUT2D eigenvalue weighted by molar-refractivity contribution is 6.50. The third kappa shape index (κ3) is 0.908. The molecule has 0 unspecified atom stereocenters. The second kappa shape index (κ2) is 2.42. The Bertz CT molecular complexity index is 465. The SMILES string of the molecule is N#Cc1cccc2c1C(=N)C(N)=N2. The van der Waals surface area contributed by atoms with Gasteiger partial charge in [0.2, 0.25) is 0 Å². The highest BCUT2D eigenvalue weighted by Crippen LogP contribution is 2.27. The molecule has 1 aliphatic heterocycles. The quantitative estimate of drug-likeness (QED) is 0.606. The van der Waals surface area contributed by atoms with Gasteiger partial charge >= 0.3 is 0 Å². The summed E-state index contributed by atoms with van der Waals surface area (Å²) in [6, 6.07) is 7.13. The van der Waals surface area contributed by atoms with Crippen molar-refractivity contribution in [2.45, 2.75) is 0 Å². The molecule has 1 heterocycles. The molecule has 13 heavy (non-hydrogen) atoms. The van der Waals surface area contributed by atoms with E-state index in [1.54, 1.807) is 18.2 Å². The maximum atomic E-state index is 8.77. The van der Waals surface area contributed by atoms with Crippen molar-refractivity contribution in [3.63, 3.8) is 0 Å². The Labute approximate surface area is 74.8 Å². The molecule has 0 radical (unpaired) electrons. The van der Waals surface area contributed by atoms with Crippen LogP contribution < -0.4 is 5.73 Å². The molecule has 62 valence electrons. The first-order valence-electron chi connectivity index (χ1n) is 3.70. The number of hydrogen-bond acceptors (Lipinski definition) is 4. The summed E-state index contributed by atoms with van der Waals surface area (Å²) >= 11 is 0. The zero-order valence-corrected chi connectivity index (χ0v) is 6.70. The molecule has 1 aromatic rings. The van der Waals surface area contributed by atoms with Crippen LogP contribution in [0.15, 0.2) is 23.2 Å². The number of nitrogens with two attached hydrogens (primary N) is 1. The van der Waals surface area contributed by atoms with Gasteiger partial charge in [0.1, 0.15) is 11.5 Å². The van der Waals surface area contributed by atoms with Crippen LogP contribution >= 0.6 is 0 Å². The second-order valence-electron chi connectivity index (χ2n) is 2.68. The summed E-state index contributed by atoms with van der Waals surface area (Å²) in [4.78, 5) is 3.96. The highest BCUT2D eigenvalue weighted by atomic mass is 14.9. The molecule has 0 aromatic heterocycles. The summed E-state index contributed by atoms with van der Waals surface area (Å²) in [5.41, 5.74) is 7.22. The van der Waals surface area contributed by atoms with E-state index in [1.165, 1.54) is 0 Å². The van der Waals surface area contributed by atoms with Crippen LogP contribution in [0, 0.1) is 16.7 Å². The van der Waals surface area contributed by atoms with E-state index < -0.39 is 0 Å². The normalized spacial score (nSPS) is 13.5. The number of rotatable bonds is 0. The number of nitriles is 1. The fourth-order valence-corrected chi connectivity index (χ4v) is 1.30. The predicted molar refractivity (Wildman–Crippen MR) is 49.3 cm³/mol. The lowest BCUT2D eigenvalue weighted by Crippen LogP contribution is -2.20. The fourth-order valence-electron chi connectivity index (χ4n) is 1.30. The van der Waals surface area contributed by atoms with Crippen molar-refractivity contribution in [2.24, 2.45) is 10.7 Å². The van der Waals surface area contributed by atoms with Crippen molar-refractivity contribution < 1.29 is 0 Å². The van der Waals surface area contributed by atoms with Gasteiger partial charge < -0.3 is 5.73 Å². The highest BCUT2D eigenvalue weighted by Gasteiger charge is 2.21. The van der Waals surface area contributed by atoms with Crippen LogP contribution in [0.4, 0.5) is 5.69 Å². The monoisotopic (exact) mass is 170 g/mol. The van der Waals surface area contributed by atoms with E-state index in [4.69, 9.17) is 16.4 Å². The lowest BCUT2D eigenvalue weighted by atomic mass is 10.0. The summed E-state index contributed by atoms with van der Waals surface area (Å²) in [6.07, 6.45) is 0. The van der Waals surface area contributed by atoms with Gasteiger partial charge in [-0.15, -0.1) is 0 Å². The molecule has 4 nitrogen and oxygen atoms in total. The molecule has 4 heteroatoms. The molecule has 1 aliphatic rings. The molecule has 0 atom stereocenters. The van der Waals surface area contributed by atoms with Gasteiger partial charge in [-0.3, -0.25) is 5.41 Å². The van der Waals surface area contributed by atoms with Crippen molar-refractivity contribution in [2.75, 3.05) is 0 Å². The third-order valence-corrected chi connectivity index (χ3v) is 1.91. The minimum atomic E-state index is 0.146. The van der Waals surface area contributed by atoms with Crippen molar-refractivity contribution >= 4 is 17.2 Å². The van der Waals surface area contributed by atoms with Crippen LogP contribution in [0.2, 0.25) is 0 Å². The van der Waals surface area contributed by atoms with Crippen LogP contribution in [0.5, 0.6) is 0 Å². The number of hydrogen-bond donors (Lipinski definition) is 2. The molecular weight excluding hydrogens is 164 g/mol. The first-order chi connectivity index (χ1) is 6.24. The summed E-state index contributed by atoms with van der Waals surface area (Å²) < 4.78 is 0. The zero-order valence-electron chi connectivity index (χ0n) is 6.70. The van der Waals surface area contributed by atoms with Crippen molar-refractivity contribution in [3.8, 4) is 6.07 Å². The number of benzene rings is 1. The lowest BCUT2D eigenvalue weighted by Gasteiger charge is -1.98. The Kier molecular flexibility index (Phi) is 1.40. The van der Waals surface area contributed by atoms with E-state index in [2.05, 4.69) is 4.99 Å². The molecule has 1 aromatic carbocycles. The van der Waals surface area contributed by atoms with E-state index in [0.29, 0.717) is 16.8 Å². The van der Waals surface area contributed by atoms with Gasteiger partial charge in [-0.1, -0.05) is 6.07 Å². The second-order valence-corrected chi connectivity index (χ2v) is 2.68. The topological polar surface area (TPSA) is 86.0 Å². The summed E-state index contributed by atoms with van der Waals surface area (Å²) in [5.74, 6) is 0.178. The number of nitrogens with zero attached hydrogens (tertiary/aromatic N) is 2. The minimum absolute atomic E-state index is 0.146. The van der Waals surface area contributed by atoms with Gasteiger partial charge in [0, 0.05) is 5.56 Å². The Morgan fingerprint density at radius 1 is 1.46 bits per heavy atom. The Hall–Kier alpha value is -2.15. The number of fused-ring (bicyclic) bond motifs is 1. The van der Waals surface area contributed by atoms with Gasteiger partial charge in [0.05, 0.1) is 17.3 Å². The minimum Gasteiger partial charge on any atom is -0.382 e. The average molecular weight is 170 g/mol. The van der Waals surface area contributed by atoms with Gasteiger partial charge in [-0.2, -0.15) is 5.26 Å². The smallest absolute Gasteiger partial charge is 0.150 e. The Balaban J connectivity index is 2.74. The first-order valence-corrected chi connectivity index (χ1v) is 3.70. The summed E-state index contributed by atoms with van der Waals surface area (Å²) in [6.45, 7) is 0. The van der Waals surface area contributed by atoms with Crippen LogP contribution in [-0.2, 0) is 0 Å². The molecule has 0 amide bonds. The van der Waals surface area contributed by atoms with E-state index in [-0.39, 0.29) is 11.5 Å². The van der Waals surface area contributed by atoms with Gasteiger partial charge in [0.25, 0.3) is 0 Å². The van der Waals surface area contributed by atoms with Gasteiger partial charge in [-0.05, 0) is 12.1 Å². The Morgan fingerprint density at radius 3 is 2.92 bits per heavy atom. The number of amidine groups is 1. The lowest BCUT2D eigenvalue weighted by molar-refractivity contribution is 1.44. The molecule has 0 saturated heterocycles. The molecule has 0 fully saturated rings. The maximum Gasteiger partial charge on any atom is 0.150 e. The first kappa shape index (κ1) is 7.50. The summed E-state index contributed by atoms with van der Waals surface area (Å²) in [7, 11) is 0. The van der Waals surface area contributed by atoms with Crippen LogP contribution in [0.1, 0.15) is 11.1 Å². The largest absolute Gasteiger partial charge is 0.382 e. The van der Waals surface area contributed by atoms with E-state index in [0.717, 1.165) is 0 Å². The van der Waals surface area contributed by atoms with E-state index in [9.17, 15) is 0 Å². The van der Waals surface area contributed by atoms with Gasteiger partial charge in [-0.25, -0.2) is 4.99 Å². The maximum absolute atomic E-state index is 8.77. The van der Waals surface area contributed by atoms with Crippen LogP contribution in [0.3, 0.4) is 0 Å². The molecule has 0 saturated carbocycles.